The summed E-state index contributed by atoms with van der Waals surface area (Å²) in [5, 5.41) is 3.40. The molecule has 1 heterocycles. The smallest absolute Gasteiger partial charge is 0.193 e. The van der Waals surface area contributed by atoms with Crippen LogP contribution in [0.3, 0.4) is 0 Å². The highest BCUT2D eigenvalue weighted by Crippen LogP contribution is 2.27. The lowest BCUT2D eigenvalue weighted by molar-refractivity contribution is 0.361. The fourth-order valence-corrected chi connectivity index (χ4v) is 4.13. The van der Waals surface area contributed by atoms with Crippen molar-refractivity contribution in [3.8, 4) is 0 Å². The van der Waals surface area contributed by atoms with Crippen molar-refractivity contribution in [1.29, 1.82) is 0 Å². The monoisotopic (exact) mass is 507 g/mol. The van der Waals surface area contributed by atoms with Crippen LogP contribution in [0, 0.1) is 5.41 Å². The zero-order valence-corrected chi connectivity index (χ0v) is 20.1. The Hall–Kier alpha value is -0.830. The Labute approximate surface area is 182 Å². The van der Waals surface area contributed by atoms with E-state index in [0.29, 0.717) is 18.9 Å². The molecule has 1 fully saturated rings. The highest BCUT2D eigenvalue weighted by Gasteiger charge is 2.27. The van der Waals surface area contributed by atoms with Gasteiger partial charge in [0.25, 0.3) is 0 Å². The zero-order chi connectivity index (χ0) is 19.2. The molecule has 5 nitrogen and oxygen atoms in total. The minimum atomic E-state index is -2.93. The lowest BCUT2D eigenvalue weighted by Crippen LogP contribution is -2.40. The molecule has 1 aromatic carbocycles. The third kappa shape index (κ3) is 8.37. The summed E-state index contributed by atoms with van der Waals surface area (Å²) >= 11 is 0. The number of halogens is 1. The van der Waals surface area contributed by atoms with Crippen LogP contribution in [0.25, 0.3) is 0 Å². The van der Waals surface area contributed by atoms with E-state index in [1.807, 2.05) is 0 Å². The van der Waals surface area contributed by atoms with Crippen LogP contribution in [-0.2, 0) is 9.84 Å². The lowest BCUT2D eigenvalue weighted by Gasteiger charge is -2.26. The molecule has 1 atom stereocenters. The van der Waals surface area contributed by atoms with Gasteiger partial charge in [0.2, 0.25) is 0 Å². The summed E-state index contributed by atoms with van der Waals surface area (Å²) < 4.78 is 22.9. The normalized spacial score (nSPS) is 18.3. The standard InChI is InChI=1S/C20H33N3O2S.HI/c1-5-21-19(22-16-20(2,3)12-14-26(4,24)25)23-13-11-18(15-23)17-9-7-6-8-10-17;/h6-10,18H,5,11-16H2,1-4H3,(H,21,22);1H. The van der Waals surface area contributed by atoms with E-state index in [9.17, 15) is 8.42 Å². The highest BCUT2D eigenvalue weighted by atomic mass is 127. The molecule has 1 aliphatic rings. The van der Waals surface area contributed by atoms with E-state index in [0.717, 1.165) is 32.0 Å². The van der Waals surface area contributed by atoms with E-state index in [2.05, 4.69) is 61.3 Å². The third-order valence-corrected chi connectivity index (χ3v) is 5.85. The van der Waals surface area contributed by atoms with E-state index < -0.39 is 9.84 Å². The number of benzene rings is 1. The second-order valence-electron chi connectivity index (χ2n) is 8.06. The molecule has 1 aromatic rings. The van der Waals surface area contributed by atoms with Gasteiger partial charge in [0.1, 0.15) is 9.84 Å². The summed E-state index contributed by atoms with van der Waals surface area (Å²) in [5.41, 5.74) is 1.25. The molecular weight excluding hydrogens is 473 g/mol. The largest absolute Gasteiger partial charge is 0.357 e. The van der Waals surface area contributed by atoms with Gasteiger partial charge in [-0.3, -0.25) is 4.99 Å². The van der Waals surface area contributed by atoms with Crippen molar-refractivity contribution in [3.63, 3.8) is 0 Å². The van der Waals surface area contributed by atoms with E-state index in [1.54, 1.807) is 0 Å². The van der Waals surface area contributed by atoms with Gasteiger partial charge in [0.15, 0.2) is 5.96 Å². The van der Waals surface area contributed by atoms with Gasteiger partial charge in [0.05, 0.1) is 5.75 Å². The molecule has 0 saturated carbocycles. The van der Waals surface area contributed by atoms with Gasteiger partial charge in [-0.1, -0.05) is 44.2 Å². The van der Waals surface area contributed by atoms with Crippen molar-refractivity contribution in [2.45, 2.75) is 39.5 Å². The predicted octanol–water partition coefficient (Wildman–Crippen LogP) is 3.52. The van der Waals surface area contributed by atoms with Gasteiger partial charge in [-0.25, -0.2) is 8.42 Å². The number of nitrogens with zero attached hydrogens (tertiary/aromatic N) is 2. The molecule has 27 heavy (non-hydrogen) atoms. The highest BCUT2D eigenvalue weighted by molar-refractivity contribution is 14.0. The maximum atomic E-state index is 11.4. The van der Waals surface area contributed by atoms with Crippen molar-refractivity contribution in [2.24, 2.45) is 10.4 Å². The van der Waals surface area contributed by atoms with Gasteiger partial charge < -0.3 is 10.2 Å². The first-order chi connectivity index (χ1) is 12.2. The molecule has 0 bridgehead atoms. The summed E-state index contributed by atoms with van der Waals surface area (Å²) in [7, 11) is -2.93. The number of rotatable bonds is 7. The van der Waals surface area contributed by atoms with E-state index >= 15 is 0 Å². The summed E-state index contributed by atoms with van der Waals surface area (Å²) in [5.74, 6) is 1.70. The summed E-state index contributed by atoms with van der Waals surface area (Å²) in [6, 6.07) is 10.7. The fraction of sp³-hybridized carbons (Fsp3) is 0.650. The number of guanidine groups is 1. The SMILES string of the molecule is CCNC(=NCC(C)(C)CCS(C)(=O)=O)N1CCC(c2ccccc2)C1.I. The first-order valence-corrected chi connectivity index (χ1v) is 11.5. The van der Waals surface area contributed by atoms with Crippen LogP contribution in [0.1, 0.15) is 45.1 Å². The van der Waals surface area contributed by atoms with Crippen LogP contribution in [0.5, 0.6) is 0 Å². The minimum absolute atomic E-state index is 0. The van der Waals surface area contributed by atoms with Gasteiger partial charge in [-0.2, -0.15) is 0 Å². The van der Waals surface area contributed by atoms with E-state index in [-0.39, 0.29) is 35.1 Å². The van der Waals surface area contributed by atoms with Crippen LogP contribution >= 0.6 is 24.0 Å². The molecule has 7 heteroatoms. The first kappa shape index (κ1) is 24.2. The lowest BCUT2D eigenvalue weighted by atomic mass is 9.90. The Morgan fingerprint density at radius 1 is 1.30 bits per heavy atom. The number of hydrogen-bond acceptors (Lipinski definition) is 3. The summed E-state index contributed by atoms with van der Waals surface area (Å²) in [6.07, 6.45) is 3.05. The molecule has 1 unspecified atom stereocenters. The van der Waals surface area contributed by atoms with Crippen molar-refractivity contribution < 1.29 is 8.42 Å². The van der Waals surface area contributed by atoms with Gasteiger partial charge in [0, 0.05) is 38.4 Å². The molecular formula is C20H34IN3O2S. The average molecular weight is 507 g/mol. The second kappa shape index (κ2) is 10.6. The van der Waals surface area contributed by atoms with Crippen LogP contribution in [0.15, 0.2) is 35.3 Å². The molecule has 0 radical (unpaired) electrons. The summed E-state index contributed by atoms with van der Waals surface area (Å²) in [4.78, 5) is 7.16. The number of sulfone groups is 1. The Kier molecular flexibility index (Phi) is 9.54. The maximum Gasteiger partial charge on any atom is 0.193 e. The van der Waals surface area contributed by atoms with Crippen LogP contribution in [0.4, 0.5) is 0 Å². The number of nitrogens with one attached hydrogen (secondary N) is 1. The van der Waals surface area contributed by atoms with Gasteiger partial charge in [-0.05, 0) is 30.7 Å². The molecule has 0 spiro atoms. The molecule has 1 N–H and O–H groups in total. The quantitative estimate of drug-likeness (QED) is 0.349. The Morgan fingerprint density at radius 2 is 1.96 bits per heavy atom. The molecule has 1 aliphatic heterocycles. The van der Waals surface area contributed by atoms with Crippen LogP contribution in [0.2, 0.25) is 0 Å². The fourth-order valence-electron chi connectivity index (χ4n) is 3.21. The Morgan fingerprint density at radius 3 is 2.56 bits per heavy atom. The third-order valence-electron chi connectivity index (χ3n) is 4.90. The van der Waals surface area contributed by atoms with Crippen molar-refractivity contribution in [1.82, 2.24) is 10.2 Å². The van der Waals surface area contributed by atoms with Crippen molar-refractivity contribution in [3.05, 3.63) is 35.9 Å². The Bertz CT molecular complexity index is 705. The van der Waals surface area contributed by atoms with Gasteiger partial charge >= 0.3 is 0 Å². The van der Waals surface area contributed by atoms with E-state index in [1.165, 1.54) is 11.8 Å². The number of aliphatic imine (C=N–C) groups is 1. The molecule has 0 amide bonds. The Balaban J connectivity index is 0.00000364. The topological polar surface area (TPSA) is 61.8 Å². The van der Waals surface area contributed by atoms with Crippen LogP contribution < -0.4 is 5.32 Å². The van der Waals surface area contributed by atoms with E-state index in [4.69, 9.17) is 4.99 Å². The summed E-state index contributed by atoms with van der Waals surface area (Å²) in [6.45, 7) is 9.67. The molecule has 2 rings (SSSR count). The van der Waals surface area contributed by atoms with Crippen molar-refractivity contribution >= 4 is 39.8 Å². The molecule has 0 aromatic heterocycles. The molecule has 1 saturated heterocycles. The maximum absolute atomic E-state index is 11.4. The molecule has 154 valence electrons. The first-order valence-electron chi connectivity index (χ1n) is 9.46. The van der Waals surface area contributed by atoms with Crippen LogP contribution in [-0.4, -0.2) is 57.5 Å². The minimum Gasteiger partial charge on any atom is -0.357 e. The number of hydrogen-bond donors (Lipinski definition) is 1. The van der Waals surface area contributed by atoms with Gasteiger partial charge in [-0.15, -0.1) is 24.0 Å². The average Bonchev–Trinajstić information content (AvgIpc) is 3.07. The predicted molar refractivity (Wildman–Crippen MR) is 125 cm³/mol. The number of likely N-dealkylation sites (tertiary alicyclic amines) is 1. The zero-order valence-electron chi connectivity index (χ0n) is 16.9. The molecule has 0 aliphatic carbocycles. The second-order valence-corrected chi connectivity index (χ2v) is 10.3. The van der Waals surface area contributed by atoms with Crippen molar-refractivity contribution in [2.75, 3.05) is 38.2 Å².